The van der Waals surface area contributed by atoms with Gasteiger partial charge in [-0.1, -0.05) is 25.0 Å². The molecular weight excluding hydrogens is 432 g/mol. The number of methoxy groups -OCH3 is 1. The number of benzene rings is 2. The van der Waals surface area contributed by atoms with E-state index in [0.717, 1.165) is 36.1 Å². The lowest BCUT2D eigenvalue weighted by Gasteiger charge is -2.22. The average molecular weight is 463 g/mol. The summed E-state index contributed by atoms with van der Waals surface area (Å²) in [7, 11) is -2.31. The lowest BCUT2D eigenvalue weighted by molar-refractivity contribution is 0.0939. The molecule has 1 saturated heterocycles. The number of ether oxygens (including phenoxy) is 1. The molecule has 1 heterocycles. The highest BCUT2D eigenvalue weighted by atomic mass is 32.2. The molecule has 1 amide bonds. The number of sulfonamides is 1. The standard InChI is InChI=1S/C23H30N2O4S2/c1-17(18-8-11-20(30-3)12-9-18)24-23(26)19-10-13-21(29-2)22(16-19)31(27,28)25-14-6-4-5-7-15-25/h8-13,16-17H,4-7,14-15H2,1-3H3,(H,24,26)/t17-/m0/s1. The van der Waals surface area contributed by atoms with Gasteiger partial charge in [0.15, 0.2) is 0 Å². The zero-order valence-electron chi connectivity index (χ0n) is 18.3. The molecule has 0 radical (unpaired) electrons. The number of rotatable bonds is 7. The predicted octanol–water partition coefficient (Wildman–Crippen LogP) is 4.47. The van der Waals surface area contributed by atoms with E-state index in [9.17, 15) is 13.2 Å². The molecule has 0 spiro atoms. The van der Waals surface area contributed by atoms with Gasteiger partial charge in [0.1, 0.15) is 10.6 Å². The van der Waals surface area contributed by atoms with Crippen molar-refractivity contribution < 1.29 is 17.9 Å². The van der Waals surface area contributed by atoms with Gasteiger partial charge in [0.2, 0.25) is 10.0 Å². The number of carbonyl (C=O) groups is 1. The van der Waals surface area contributed by atoms with E-state index in [4.69, 9.17) is 4.74 Å². The topological polar surface area (TPSA) is 75.7 Å². The van der Waals surface area contributed by atoms with Gasteiger partial charge in [-0.3, -0.25) is 4.79 Å². The highest BCUT2D eigenvalue weighted by Crippen LogP contribution is 2.29. The molecule has 8 heteroatoms. The van der Waals surface area contributed by atoms with Crippen molar-refractivity contribution in [3.05, 3.63) is 53.6 Å². The van der Waals surface area contributed by atoms with Gasteiger partial charge in [-0.05, 0) is 61.9 Å². The molecule has 2 aromatic rings. The van der Waals surface area contributed by atoms with Crippen LogP contribution in [0.1, 0.15) is 54.6 Å². The zero-order valence-corrected chi connectivity index (χ0v) is 19.9. The van der Waals surface area contributed by atoms with E-state index in [0.29, 0.717) is 18.7 Å². The minimum Gasteiger partial charge on any atom is -0.495 e. The molecule has 31 heavy (non-hydrogen) atoms. The molecule has 1 fully saturated rings. The quantitative estimate of drug-likeness (QED) is 0.615. The molecule has 1 aliphatic heterocycles. The second-order valence-corrected chi connectivity index (χ2v) is 10.4. The van der Waals surface area contributed by atoms with E-state index in [1.54, 1.807) is 23.9 Å². The van der Waals surface area contributed by atoms with E-state index in [1.165, 1.54) is 17.5 Å². The van der Waals surface area contributed by atoms with Crippen molar-refractivity contribution in [3.63, 3.8) is 0 Å². The van der Waals surface area contributed by atoms with Gasteiger partial charge in [-0.2, -0.15) is 4.31 Å². The number of amides is 1. The van der Waals surface area contributed by atoms with Crippen LogP contribution in [-0.4, -0.2) is 45.1 Å². The van der Waals surface area contributed by atoms with Gasteiger partial charge in [-0.15, -0.1) is 11.8 Å². The fourth-order valence-corrected chi connectivity index (χ4v) is 5.80. The summed E-state index contributed by atoms with van der Waals surface area (Å²) in [6.45, 7) is 2.89. The monoisotopic (exact) mass is 462 g/mol. The van der Waals surface area contributed by atoms with Gasteiger partial charge in [-0.25, -0.2) is 8.42 Å². The van der Waals surface area contributed by atoms with Crippen LogP contribution in [0.3, 0.4) is 0 Å². The Bertz CT molecular complexity index is 999. The first kappa shape index (κ1) is 23.6. The lowest BCUT2D eigenvalue weighted by Crippen LogP contribution is -2.32. The van der Waals surface area contributed by atoms with Gasteiger partial charge < -0.3 is 10.1 Å². The second kappa shape index (κ2) is 10.5. The molecule has 168 valence electrons. The molecule has 0 bridgehead atoms. The minimum atomic E-state index is -3.75. The molecule has 0 aromatic heterocycles. The molecule has 2 aromatic carbocycles. The van der Waals surface area contributed by atoms with Crippen LogP contribution < -0.4 is 10.1 Å². The van der Waals surface area contributed by atoms with Crippen LogP contribution in [-0.2, 0) is 10.0 Å². The number of nitrogens with zero attached hydrogens (tertiary/aromatic N) is 1. The number of hydrogen-bond donors (Lipinski definition) is 1. The SMILES string of the molecule is COc1ccc(C(=O)N[C@@H](C)c2ccc(SC)cc2)cc1S(=O)(=O)N1CCCCCC1. The third-order valence-corrected chi connectivity index (χ3v) is 8.24. The van der Waals surface area contributed by atoms with Crippen molar-refractivity contribution in [1.82, 2.24) is 9.62 Å². The number of hydrogen-bond acceptors (Lipinski definition) is 5. The summed E-state index contributed by atoms with van der Waals surface area (Å²) >= 11 is 1.66. The van der Waals surface area contributed by atoms with Gasteiger partial charge in [0.25, 0.3) is 5.91 Å². The molecule has 3 rings (SSSR count). The number of nitrogens with one attached hydrogen (secondary N) is 1. The first-order chi connectivity index (χ1) is 14.9. The smallest absolute Gasteiger partial charge is 0.251 e. The molecule has 1 aliphatic rings. The highest BCUT2D eigenvalue weighted by Gasteiger charge is 2.29. The molecule has 0 aliphatic carbocycles. The van der Waals surface area contributed by atoms with Crippen LogP contribution in [0, 0.1) is 0 Å². The van der Waals surface area contributed by atoms with Gasteiger partial charge in [0.05, 0.1) is 13.2 Å². The van der Waals surface area contributed by atoms with Gasteiger partial charge >= 0.3 is 0 Å². The third kappa shape index (κ3) is 5.61. The first-order valence-corrected chi connectivity index (χ1v) is 13.2. The summed E-state index contributed by atoms with van der Waals surface area (Å²) in [6, 6.07) is 12.4. The average Bonchev–Trinajstić information content (AvgIpc) is 3.09. The Labute approximate surface area is 189 Å². The largest absolute Gasteiger partial charge is 0.495 e. The summed E-state index contributed by atoms with van der Waals surface area (Å²) in [5.74, 6) is -0.0714. The summed E-state index contributed by atoms with van der Waals surface area (Å²) in [6.07, 6.45) is 5.76. The van der Waals surface area contributed by atoms with Crippen LogP contribution in [0.25, 0.3) is 0 Å². The summed E-state index contributed by atoms with van der Waals surface area (Å²) < 4.78 is 33.5. The highest BCUT2D eigenvalue weighted by molar-refractivity contribution is 7.98. The predicted molar refractivity (Wildman–Crippen MR) is 124 cm³/mol. The fraction of sp³-hybridized carbons (Fsp3) is 0.435. The molecular formula is C23H30N2O4S2. The maximum Gasteiger partial charge on any atom is 0.251 e. The Hall–Kier alpha value is -2.03. The lowest BCUT2D eigenvalue weighted by atomic mass is 10.1. The summed E-state index contributed by atoms with van der Waals surface area (Å²) in [4.78, 5) is 14.1. The first-order valence-electron chi connectivity index (χ1n) is 10.5. The third-order valence-electron chi connectivity index (χ3n) is 5.57. The summed E-state index contributed by atoms with van der Waals surface area (Å²) in [5, 5.41) is 2.96. The number of carbonyl (C=O) groups excluding carboxylic acids is 1. The Kier molecular flexibility index (Phi) is 8.02. The Morgan fingerprint density at radius 2 is 1.71 bits per heavy atom. The van der Waals surface area contributed by atoms with E-state index < -0.39 is 10.0 Å². The van der Waals surface area contributed by atoms with Gasteiger partial charge in [0, 0.05) is 23.5 Å². The van der Waals surface area contributed by atoms with Crippen molar-refractivity contribution in [2.45, 2.75) is 48.4 Å². The summed E-state index contributed by atoms with van der Waals surface area (Å²) in [5.41, 5.74) is 1.28. The maximum atomic E-state index is 13.3. The molecule has 0 unspecified atom stereocenters. The Balaban J connectivity index is 1.84. The van der Waals surface area contributed by atoms with Crippen LogP contribution in [0.2, 0.25) is 0 Å². The van der Waals surface area contributed by atoms with E-state index in [2.05, 4.69) is 5.32 Å². The second-order valence-electron chi connectivity index (χ2n) is 7.65. The normalized spacial score (nSPS) is 16.4. The minimum absolute atomic E-state index is 0.0431. The fourth-order valence-electron chi connectivity index (χ4n) is 3.70. The van der Waals surface area contributed by atoms with E-state index in [-0.39, 0.29) is 22.6 Å². The van der Waals surface area contributed by atoms with Crippen LogP contribution in [0.5, 0.6) is 5.75 Å². The van der Waals surface area contributed by atoms with Crippen molar-refractivity contribution >= 4 is 27.7 Å². The molecule has 1 N–H and O–H groups in total. The Morgan fingerprint density at radius 1 is 1.06 bits per heavy atom. The van der Waals surface area contributed by atoms with E-state index in [1.807, 2.05) is 37.4 Å². The molecule has 0 saturated carbocycles. The maximum absolute atomic E-state index is 13.3. The molecule has 6 nitrogen and oxygen atoms in total. The van der Waals surface area contributed by atoms with Crippen LogP contribution in [0.15, 0.2) is 52.3 Å². The zero-order chi connectivity index (χ0) is 22.4. The molecule has 1 atom stereocenters. The van der Waals surface area contributed by atoms with Crippen molar-refractivity contribution in [2.24, 2.45) is 0 Å². The Morgan fingerprint density at radius 3 is 2.29 bits per heavy atom. The number of thioether (sulfide) groups is 1. The van der Waals surface area contributed by atoms with Crippen molar-refractivity contribution in [2.75, 3.05) is 26.5 Å². The van der Waals surface area contributed by atoms with Crippen LogP contribution >= 0.6 is 11.8 Å². The van der Waals surface area contributed by atoms with Crippen molar-refractivity contribution in [1.29, 1.82) is 0 Å². The van der Waals surface area contributed by atoms with Crippen LogP contribution in [0.4, 0.5) is 0 Å². The van der Waals surface area contributed by atoms with E-state index >= 15 is 0 Å². The van der Waals surface area contributed by atoms with Crippen molar-refractivity contribution in [3.8, 4) is 5.75 Å².